The zero-order chi connectivity index (χ0) is 20.0. The Morgan fingerprint density at radius 1 is 1.26 bits per heavy atom. The minimum absolute atomic E-state index is 0.0115. The van der Waals surface area contributed by atoms with Gasteiger partial charge in [0.25, 0.3) is 11.5 Å². The molecule has 0 unspecified atom stereocenters. The van der Waals surface area contributed by atoms with E-state index in [1.54, 1.807) is 13.8 Å². The third kappa shape index (κ3) is 5.25. The molecule has 1 amide bonds. The van der Waals surface area contributed by atoms with Crippen molar-refractivity contribution in [1.82, 2.24) is 4.98 Å². The first-order valence-electron chi connectivity index (χ1n) is 8.15. The Morgan fingerprint density at radius 2 is 1.93 bits per heavy atom. The number of nitrogens with zero attached hydrogens (tertiary/aromatic N) is 1. The molecule has 27 heavy (non-hydrogen) atoms. The molecule has 0 saturated heterocycles. The summed E-state index contributed by atoms with van der Waals surface area (Å²) in [5.41, 5.74) is 1.75. The summed E-state index contributed by atoms with van der Waals surface area (Å²) in [5, 5.41) is 11.5. The molecule has 0 radical (unpaired) electrons. The number of aromatic nitrogens is 1. The topological polar surface area (TPSA) is 112 Å². The lowest BCUT2D eigenvalue weighted by atomic mass is 9.99. The first-order chi connectivity index (χ1) is 12.8. The average molecular weight is 371 g/mol. The molecule has 2 aromatic rings. The minimum atomic E-state index is -0.590. The number of carbonyl (C=O) groups excluding carboxylic acids is 2. The Hall–Kier alpha value is -3.47. The molecule has 0 bridgehead atoms. The molecule has 0 aliphatic carbocycles. The molecule has 8 heteroatoms. The van der Waals surface area contributed by atoms with Gasteiger partial charge in [0.1, 0.15) is 17.4 Å². The lowest BCUT2D eigenvalue weighted by Crippen LogP contribution is -2.21. The van der Waals surface area contributed by atoms with Crippen LogP contribution in [0.5, 0.6) is 0 Å². The number of amides is 1. The van der Waals surface area contributed by atoms with Gasteiger partial charge in [-0.25, -0.2) is 4.39 Å². The third-order valence-corrected chi connectivity index (χ3v) is 3.99. The van der Waals surface area contributed by atoms with Crippen molar-refractivity contribution in [2.24, 2.45) is 0 Å². The standard InChI is InChI=1S/C19H18FN3O4/c1-11-15(12(2)22-19(26)16(11)9-21)7-8-18(25)27-10-17(24)23-14-5-3-13(20)4-6-14/h3-6H,7-8,10H2,1-2H3,(H,22,26)(H,23,24). The molecule has 7 nitrogen and oxygen atoms in total. The number of benzene rings is 1. The van der Waals surface area contributed by atoms with Gasteiger partial charge in [-0.2, -0.15) is 5.26 Å². The highest BCUT2D eigenvalue weighted by molar-refractivity contribution is 5.92. The van der Waals surface area contributed by atoms with E-state index < -0.39 is 29.9 Å². The Bertz CT molecular complexity index is 959. The van der Waals surface area contributed by atoms with Gasteiger partial charge in [-0.15, -0.1) is 0 Å². The summed E-state index contributed by atoms with van der Waals surface area (Å²) in [6.45, 7) is 2.87. The summed E-state index contributed by atoms with van der Waals surface area (Å²) in [5.74, 6) is -1.56. The molecule has 0 aliphatic rings. The summed E-state index contributed by atoms with van der Waals surface area (Å²) >= 11 is 0. The summed E-state index contributed by atoms with van der Waals surface area (Å²) in [6.07, 6.45) is 0.254. The number of hydrogen-bond donors (Lipinski definition) is 2. The molecule has 0 aliphatic heterocycles. The number of nitriles is 1. The minimum Gasteiger partial charge on any atom is -0.456 e. The van der Waals surface area contributed by atoms with Crippen molar-refractivity contribution in [3.8, 4) is 6.07 Å². The van der Waals surface area contributed by atoms with E-state index in [1.165, 1.54) is 24.3 Å². The van der Waals surface area contributed by atoms with Crippen LogP contribution in [0.15, 0.2) is 29.1 Å². The smallest absolute Gasteiger partial charge is 0.306 e. The molecule has 0 spiro atoms. The number of esters is 1. The molecule has 0 atom stereocenters. The van der Waals surface area contributed by atoms with Crippen molar-refractivity contribution in [2.45, 2.75) is 26.7 Å². The molecule has 1 heterocycles. The van der Waals surface area contributed by atoms with Crippen molar-refractivity contribution in [1.29, 1.82) is 5.26 Å². The Balaban J connectivity index is 1.88. The monoisotopic (exact) mass is 371 g/mol. The number of nitrogens with one attached hydrogen (secondary N) is 2. The molecule has 2 rings (SSSR count). The van der Waals surface area contributed by atoms with Crippen LogP contribution in [-0.2, 0) is 20.7 Å². The molecular formula is C19H18FN3O4. The fourth-order valence-corrected chi connectivity index (χ4v) is 2.60. The van der Waals surface area contributed by atoms with Crippen molar-refractivity contribution in [3.05, 3.63) is 62.8 Å². The van der Waals surface area contributed by atoms with Crippen LogP contribution in [0.1, 0.15) is 28.8 Å². The zero-order valence-electron chi connectivity index (χ0n) is 14.9. The Kier molecular flexibility index (Phi) is 6.44. The number of H-pyrrole nitrogens is 1. The first kappa shape index (κ1) is 19.8. The predicted molar refractivity (Wildman–Crippen MR) is 95.6 cm³/mol. The molecule has 140 valence electrons. The largest absolute Gasteiger partial charge is 0.456 e. The fraction of sp³-hybridized carbons (Fsp3) is 0.263. The Morgan fingerprint density at radius 3 is 2.56 bits per heavy atom. The summed E-state index contributed by atoms with van der Waals surface area (Å²) in [4.78, 5) is 37.9. The summed E-state index contributed by atoms with van der Waals surface area (Å²) in [6, 6.07) is 7.03. The third-order valence-electron chi connectivity index (χ3n) is 3.99. The SMILES string of the molecule is Cc1[nH]c(=O)c(C#N)c(C)c1CCC(=O)OCC(=O)Nc1ccc(F)cc1. The number of rotatable bonds is 6. The van der Waals surface area contributed by atoms with Gasteiger partial charge in [0.05, 0.1) is 0 Å². The summed E-state index contributed by atoms with van der Waals surface area (Å²) < 4.78 is 17.7. The molecule has 1 aromatic heterocycles. The van der Waals surface area contributed by atoms with Crippen molar-refractivity contribution in [3.63, 3.8) is 0 Å². The van der Waals surface area contributed by atoms with E-state index in [0.717, 1.165) is 0 Å². The van der Waals surface area contributed by atoms with E-state index in [9.17, 15) is 18.8 Å². The van der Waals surface area contributed by atoms with Crippen molar-refractivity contribution >= 4 is 17.6 Å². The molecule has 1 aromatic carbocycles. The molecule has 2 N–H and O–H groups in total. The quantitative estimate of drug-likeness (QED) is 0.756. The van der Waals surface area contributed by atoms with Crippen LogP contribution in [0, 0.1) is 31.0 Å². The van der Waals surface area contributed by atoms with E-state index >= 15 is 0 Å². The number of carbonyl (C=O) groups is 2. The van der Waals surface area contributed by atoms with E-state index in [4.69, 9.17) is 10.00 Å². The van der Waals surface area contributed by atoms with Crippen LogP contribution in [0.4, 0.5) is 10.1 Å². The number of aromatic amines is 1. The number of anilines is 1. The normalized spacial score (nSPS) is 10.1. The van der Waals surface area contributed by atoms with Crippen LogP contribution >= 0.6 is 0 Å². The molecule has 0 saturated carbocycles. The van der Waals surface area contributed by atoms with Crippen LogP contribution in [-0.4, -0.2) is 23.5 Å². The second kappa shape index (κ2) is 8.76. The van der Waals surface area contributed by atoms with Crippen LogP contribution < -0.4 is 10.9 Å². The van der Waals surface area contributed by atoms with Gasteiger partial charge in [0.15, 0.2) is 6.61 Å². The van der Waals surface area contributed by atoms with E-state index in [0.29, 0.717) is 22.5 Å². The van der Waals surface area contributed by atoms with E-state index in [2.05, 4.69) is 10.3 Å². The maximum absolute atomic E-state index is 12.8. The van der Waals surface area contributed by atoms with Crippen molar-refractivity contribution < 1.29 is 18.7 Å². The van der Waals surface area contributed by atoms with E-state index in [1.807, 2.05) is 6.07 Å². The van der Waals surface area contributed by atoms with Crippen LogP contribution in [0.3, 0.4) is 0 Å². The van der Waals surface area contributed by atoms with Gasteiger partial charge in [-0.1, -0.05) is 0 Å². The zero-order valence-corrected chi connectivity index (χ0v) is 14.9. The highest BCUT2D eigenvalue weighted by Crippen LogP contribution is 2.15. The summed E-state index contributed by atoms with van der Waals surface area (Å²) in [7, 11) is 0. The van der Waals surface area contributed by atoms with Crippen molar-refractivity contribution in [2.75, 3.05) is 11.9 Å². The van der Waals surface area contributed by atoms with E-state index in [-0.39, 0.29) is 18.4 Å². The highest BCUT2D eigenvalue weighted by Gasteiger charge is 2.14. The maximum atomic E-state index is 12.8. The second-order valence-electron chi connectivity index (χ2n) is 5.89. The number of aryl methyl sites for hydroxylation is 1. The molecular weight excluding hydrogens is 353 g/mol. The average Bonchev–Trinajstić information content (AvgIpc) is 2.62. The fourth-order valence-electron chi connectivity index (χ4n) is 2.60. The van der Waals surface area contributed by atoms with Gasteiger partial charge in [0, 0.05) is 17.8 Å². The highest BCUT2D eigenvalue weighted by atomic mass is 19.1. The van der Waals surface area contributed by atoms with Gasteiger partial charge in [0.2, 0.25) is 0 Å². The number of ether oxygens (including phenoxy) is 1. The molecule has 0 fully saturated rings. The second-order valence-corrected chi connectivity index (χ2v) is 5.89. The number of pyridine rings is 1. The van der Waals surface area contributed by atoms with Crippen LogP contribution in [0.2, 0.25) is 0 Å². The first-order valence-corrected chi connectivity index (χ1v) is 8.15. The van der Waals surface area contributed by atoms with Gasteiger partial charge >= 0.3 is 5.97 Å². The predicted octanol–water partition coefficient (Wildman–Crippen LogP) is 2.12. The number of halogens is 1. The van der Waals surface area contributed by atoms with Crippen LogP contribution in [0.25, 0.3) is 0 Å². The lowest BCUT2D eigenvalue weighted by molar-refractivity contribution is -0.147. The van der Waals surface area contributed by atoms with Gasteiger partial charge < -0.3 is 15.0 Å². The Labute approximate surface area is 154 Å². The van der Waals surface area contributed by atoms with Gasteiger partial charge in [-0.05, 0) is 55.7 Å². The lowest BCUT2D eigenvalue weighted by Gasteiger charge is -2.11. The maximum Gasteiger partial charge on any atom is 0.306 e. The van der Waals surface area contributed by atoms with Gasteiger partial charge in [-0.3, -0.25) is 14.4 Å². The number of hydrogen-bond acceptors (Lipinski definition) is 5.